The maximum Gasteiger partial charge on any atom is 0.337 e. The molecule has 0 saturated carbocycles. The number of rotatable bonds is 7. The van der Waals surface area contributed by atoms with Gasteiger partial charge in [0.15, 0.2) is 0 Å². The predicted octanol–water partition coefficient (Wildman–Crippen LogP) is 2.53. The van der Waals surface area contributed by atoms with Crippen molar-refractivity contribution in [2.75, 3.05) is 25.0 Å². The van der Waals surface area contributed by atoms with Crippen molar-refractivity contribution in [3.05, 3.63) is 29.8 Å². The number of likely N-dealkylation sites (N-methyl/N-ethyl adjacent to an activating group) is 1. The monoisotopic (exact) mass is 250 g/mol. The molecule has 0 radical (unpaired) electrons. The highest BCUT2D eigenvalue weighted by Gasteiger charge is 2.12. The minimum atomic E-state index is -0.895. The van der Waals surface area contributed by atoms with E-state index in [-0.39, 0.29) is 6.04 Å². The zero-order valence-corrected chi connectivity index (χ0v) is 11.3. The lowest BCUT2D eigenvalue weighted by Crippen LogP contribution is -2.35. The Morgan fingerprint density at radius 2 is 1.94 bits per heavy atom. The smallest absolute Gasteiger partial charge is 0.337 e. The van der Waals surface area contributed by atoms with Crippen molar-refractivity contribution in [1.82, 2.24) is 4.90 Å². The lowest BCUT2D eigenvalue weighted by Gasteiger charge is -2.24. The van der Waals surface area contributed by atoms with Crippen LogP contribution in [0.2, 0.25) is 0 Å². The standard InChI is InChI=1S/C14H22N2O2/c1-4-16(5-2)10-11(3)15-13-9-7-6-8-12(13)14(17)18/h6-9,11,15H,4-5,10H2,1-3H3,(H,17,18). The minimum Gasteiger partial charge on any atom is -0.478 e. The summed E-state index contributed by atoms with van der Waals surface area (Å²) in [6, 6.07) is 7.23. The molecule has 0 heterocycles. The number of para-hydroxylation sites is 1. The highest BCUT2D eigenvalue weighted by Crippen LogP contribution is 2.16. The van der Waals surface area contributed by atoms with Gasteiger partial charge in [0.25, 0.3) is 0 Å². The molecule has 1 rings (SSSR count). The zero-order valence-electron chi connectivity index (χ0n) is 11.3. The van der Waals surface area contributed by atoms with E-state index in [1.54, 1.807) is 12.1 Å². The number of hydrogen-bond acceptors (Lipinski definition) is 3. The van der Waals surface area contributed by atoms with Gasteiger partial charge in [-0.1, -0.05) is 26.0 Å². The number of hydrogen-bond donors (Lipinski definition) is 2. The molecule has 0 saturated heterocycles. The fourth-order valence-electron chi connectivity index (χ4n) is 1.98. The first-order chi connectivity index (χ1) is 8.58. The van der Waals surface area contributed by atoms with Gasteiger partial charge in [0.05, 0.1) is 5.56 Å². The van der Waals surface area contributed by atoms with Gasteiger partial charge in [0.1, 0.15) is 0 Å². The number of carboxylic acid groups (broad SMARTS) is 1. The molecule has 1 unspecified atom stereocenters. The van der Waals surface area contributed by atoms with E-state index < -0.39 is 5.97 Å². The van der Waals surface area contributed by atoms with Gasteiger partial charge >= 0.3 is 5.97 Å². The highest BCUT2D eigenvalue weighted by atomic mass is 16.4. The first-order valence-electron chi connectivity index (χ1n) is 6.39. The van der Waals surface area contributed by atoms with Crippen LogP contribution in [0.5, 0.6) is 0 Å². The van der Waals surface area contributed by atoms with Crippen LogP contribution in [0.3, 0.4) is 0 Å². The number of nitrogens with one attached hydrogen (secondary N) is 1. The molecule has 0 aliphatic rings. The van der Waals surface area contributed by atoms with Crippen molar-refractivity contribution in [3.63, 3.8) is 0 Å². The molecule has 18 heavy (non-hydrogen) atoms. The summed E-state index contributed by atoms with van der Waals surface area (Å²) in [5, 5.41) is 12.4. The Bertz CT molecular complexity index is 389. The van der Waals surface area contributed by atoms with Gasteiger partial charge in [-0.05, 0) is 32.1 Å². The second-order valence-electron chi connectivity index (χ2n) is 4.38. The van der Waals surface area contributed by atoms with Crippen LogP contribution >= 0.6 is 0 Å². The lowest BCUT2D eigenvalue weighted by atomic mass is 10.1. The van der Waals surface area contributed by atoms with E-state index in [4.69, 9.17) is 5.11 Å². The van der Waals surface area contributed by atoms with Crippen molar-refractivity contribution >= 4 is 11.7 Å². The molecule has 1 aromatic carbocycles. The molecule has 4 heteroatoms. The van der Waals surface area contributed by atoms with Crippen LogP contribution in [0.15, 0.2) is 24.3 Å². The average molecular weight is 250 g/mol. The van der Waals surface area contributed by atoms with Gasteiger partial charge in [-0.2, -0.15) is 0 Å². The van der Waals surface area contributed by atoms with Gasteiger partial charge in [-0.3, -0.25) is 0 Å². The normalized spacial score (nSPS) is 12.4. The number of aromatic carboxylic acids is 1. The van der Waals surface area contributed by atoms with Crippen LogP contribution < -0.4 is 5.32 Å². The van der Waals surface area contributed by atoms with Crippen molar-refractivity contribution in [2.24, 2.45) is 0 Å². The van der Waals surface area contributed by atoms with Gasteiger partial charge in [0, 0.05) is 18.3 Å². The molecule has 2 N–H and O–H groups in total. The van der Waals surface area contributed by atoms with Gasteiger partial charge in [0.2, 0.25) is 0 Å². The molecule has 1 atom stereocenters. The predicted molar refractivity (Wildman–Crippen MR) is 74.3 cm³/mol. The third-order valence-electron chi connectivity index (χ3n) is 2.99. The van der Waals surface area contributed by atoms with E-state index in [0.717, 1.165) is 19.6 Å². The van der Waals surface area contributed by atoms with Gasteiger partial charge < -0.3 is 15.3 Å². The largest absolute Gasteiger partial charge is 0.478 e. The number of carboxylic acids is 1. The van der Waals surface area contributed by atoms with Crippen molar-refractivity contribution in [2.45, 2.75) is 26.8 Å². The first-order valence-corrected chi connectivity index (χ1v) is 6.39. The zero-order chi connectivity index (χ0) is 13.5. The van der Waals surface area contributed by atoms with Crippen molar-refractivity contribution in [1.29, 1.82) is 0 Å². The summed E-state index contributed by atoms with van der Waals surface area (Å²) in [4.78, 5) is 13.4. The molecule has 0 aliphatic heterocycles. The van der Waals surface area contributed by atoms with E-state index in [1.807, 2.05) is 12.1 Å². The Morgan fingerprint density at radius 3 is 2.50 bits per heavy atom. The van der Waals surface area contributed by atoms with Crippen molar-refractivity contribution < 1.29 is 9.90 Å². The molecule has 0 fully saturated rings. The fourth-order valence-corrected chi connectivity index (χ4v) is 1.98. The lowest BCUT2D eigenvalue weighted by molar-refractivity contribution is 0.0698. The Morgan fingerprint density at radius 1 is 1.33 bits per heavy atom. The molecule has 0 bridgehead atoms. The molecular weight excluding hydrogens is 228 g/mol. The molecule has 0 aliphatic carbocycles. The average Bonchev–Trinajstić information content (AvgIpc) is 2.36. The Labute approximate surface area is 109 Å². The second kappa shape index (κ2) is 7.01. The third kappa shape index (κ3) is 4.04. The van der Waals surface area contributed by atoms with E-state index >= 15 is 0 Å². The number of anilines is 1. The van der Waals surface area contributed by atoms with Crippen molar-refractivity contribution in [3.8, 4) is 0 Å². The number of carbonyl (C=O) groups is 1. The van der Waals surface area contributed by atoms with Crippen LogP contribution in [0.4, 0.5) is 5.69 Å². The molecule has 4 nitrogen and oxygen atoms in total. The Hall–Kier alpha value is -1.55. The summed E-state index contributed by atoms with van der Waals surface area (Å²) in [6.07, 6.45) is 0. The maximum absolute atomic E-state index is 11.1. The molecule has 0 spiro atoms. The molecular formula is C14H22N2O2. The van der Waals surface area contributed by atoms with Crippen LogP contribution in [0.25, 0.3) is 0 Å². The summed E-state index contributed by atoms with van der Waals surface area (Å²) < 4.78 is 0. The van der Waals surface area contributed by atoms with E-state index in [1.165, 1.54) is 0 Å². The summed E-state index contributed by atoms with van der Waals surface area (Å²) in [5.41, 5.74) is 1.01. The first kappa shape index (κ1) is 14.5. The molecule has 1 aromatic rings. The minimum absolute atomic E-state index is 0.213. The Balaban J connectivity index is 2.69. The molecule has 0 amide bonds. The van der Waals surface area contributed by atoms with Gasteiger partial charge in [-0.15, -0.1) is 0 Å². The van der Waals surface area contributed by atoms with E-state index in [9.17, 15) is 4.79 Å². The van der Waals surface area contributed by atoms with Gasteiger partial charge in [-0.25, -0.2) is 4.79 Å². The van der Waals surface area contributed by atoms with Crippen LogP contribution in [-0.4, -0.2) is 41.7 Å². The third-order valence-corrected chi connectivity index (χ3v) is 2.99. The quantitative estimate of drug-likeness (QED) is 0.781. The topological polar surface area (TPSA) is 52.6 Å². The highest BCUT2D eigenvalue weighted by molar-refractivity contribution is 5.94. The summed E-state index contributed by atoms with van der Waals surface area (Å²) in [6.45, 7) is 9.23. The van der Waals surface area contributed by atoms with E-state index in [2.05, 4.69) is 31.0 Å². The number of benzene rings is 1. The molecule has 100 valence electrons. The van der Waals surface area contributed by atoms with Crippen LogP contribution in [0.1, 0.15) is 31.1 Å². The summed E-state index contributed by atoms with van der Waals surface area (Å²) in [5.74, 6) is -0.895. The second-order valence-corrected chi connectivity index (χ2v) is 4.38. The Kier molecular flexibility index (Phi) is 5.65. The maximum atomic E-state index is 11.1. The SMILES string of the molecule is CCN(CC)CC(C)Nc1ccccc1C(=O)O. The van der Waals surface area contributed by atoms with E-state index in [0.29, 0.717) is 11.3 Å². The summed E-state index contributed by atoms with van der Waals surface area (Å²) >= 11 is 0. The number of nitrogens with zero attached hydrogens (tertiary/aromatic N) is 1. The van der Waals surface area contributed by atoms with Crippen LogP contribution in [-0.2, 0) is 0 Å². The summed E-state index contributed by atoms with van der Waals surface area (Å²) in [7, 11) is 0. The fraction of sp³-hybridized carbons (Fsp3) is 0.500. The molecule has 0 aromatic heterocycles. The van der Waals surface area contributed by atoms with Crippen LogP contribution in [0, 0.1) is 0 Å².